The average molecular weight is 314 g/mol. The Bertz CT molecular complexity index is 635. The monoisotopic (exact) mass is 313 g/mol. The normalized spacial score (nSPS) is 12.5. The molecular formula is C16H15ClF3N. The van der Waals surface area contributed by atoms with Crippen molar-refractivity contribution in [2.24, 2.45) is 0 Å². The van der Waals surface area contributed by atoms with E-state index in [1.807, 2.05) is 13.8 Å². The Morgan fingerprint density at radius 1 is 1.10 bits per heavy atom. The third-order valence-electron chi connectivity index (χ3n) is 3.27. The Kier molecular flexibility index (Phi) is 4.91. The van der Waals surface area contributed by atoms with Crippen LogP contribution in [0.3, 0.4) is 0 Å². The van der Waals surface area contributed by atoms with Crippen LogP contribution in [-0.2, 0) is 0 Å². The summed E-state index contributed by atoms with van der Waals surface area (Å²) in [5.41, 5.74) is 0.841. The van der Waals surface area contributed by atoms with E-state index in [0.29, 0.717) is 17.2 Å². The van der Waals surface area contributed by atoms with Crippen molar-refractivity contribution in [1.82, 2.24) is 5.32 Å². The fourth-order valence-electron chi connectivity index (χ4n) is 2.27. The first-order chi connectivity index (χ1) is 9.93. The summed E-state index contributed by atoms with van der Waals surface area (Å²) in [5, 5.41) is 3.62. The van der Waals surface area contributed by atoms with Crippen molar-refractivity contribution < 1.29 is 13.2 Å². The number of hydrogen-bond acceptors (Lipinski definition) is 1. The summed E-state index contributed by atoms with van der Waals surface area (Å²) in [6, 6.07) is 6.12. The van der Waals surface area contributed by atoms with Gasteiger partial charge in [0.15, 0.2) is 0 Å². The SMILES string of the molecule is CCNC(C)c1ccc(-c2c(F)cc(F)cc2F)cc1Cl. The topological polar surface area (TPSA) is 12.0 Å². The van der Waals surface area contributed by atoms with Crippen molar-refractivity contribution in [3.05, 3.63) is 58.4 Å². The Hall–Kier alpha value is -1.52. The molecule has 1 unspecified atom stereocenters. The molecule has 1 atom stereocenters. The maximum atomic E-state index is 13.8. The molecule has 0 saturated heterocycles. The lowest BCUT2D eigenvalue weighted by Crippen LogP contribution is -2.17. The van der Waals surface area contributed by atoms with E-state index in [2.05, 4.69) is 5.32 Å². The molecule has 21 heavy (non-hydrogen) atoms. The van der Waals surface area contributed by atoms with Gasteiger partial charge < -0.3 is 5.32 Å². The summed E-state index contributed by atoms with van der Waals surface area (Å²) in [7, 11) is 0. The van der Waals surface area contributed by atoms with Gasteiger partial charge in [0.25, 0.3) is 0 Å². The van der Waals surface area contributed by atoms with E-state index >= 15 is 0 Å². The second-order valence-corrected chi connectivity index (χ2v) is 5.17. The van der Waals surface area contributed by atoms with Crippen molar-refractivity contribution in [3.8, 4) is 11.1 Å². The first-order valence-electron chi connectivity index (χ1n) is 6.61. The molecule has 1 N–H and O–H groups in total. The van der Waals surface area contributed by atoms with Crippen LogP contribution in [0.25, 0.3) is 11.1 Å². The van der Waals surface area contributed by atoms with E-state index in [4.69, 9.17) is 11.6 Å². The van der Waals surface area contributed by atoms with Crippen LogP contribution in [0.4, 0.5) is 13.2 Å². The summed E-state index contributed by atoms with van der Waals surface area (Å²) in [5.74, 6) is -2.84. The van der Waals surface area contributed by atoms with E-state index in [1.165, 1.54) is 6.07 Å². The fraction of sp³-hybridized carbons (Fsp3) is 0.250. The van der Waals surface area contributed by atoms with E-state index in [1.54, 1.807) is 12.1 Å². The zero-order valence-electron chi connectivity index (χ0n) is 11.7. The zero-order chi connectivity index (χ0) is 15.6. The molecule has 0 aromatic heterocycles. The summed E-state index contributed by atoms with van der Waals surface area (Å²) in [4.78, 5) is 0. The van der Waals surface area contributed by atoms with E-state index < -0.39 is 17.5 Å². The van der Waals surface area contributed by atoms with Gasteiger partial charge in [-0.2, -0.15) is 0 Å². The highest BCUT2D eigenvalue weighted by molar-refractivity contribution is 6.31. The summed E-state index contributed by atoms with van der Waals surface area (Å²) in [6.07, 6.45) is 0. The lowest BCUT2D eigenvalue weighted by molar-refractivity contribution is 0.548. The van der Waals surface area contributed by atoms with Crippen LogP contribution in [0.2, 0.25) is 5.02 Å². The highest BCUT2D eigenvalue weighted by atomic mass is 35.5. The number of halogens is 4. The van der Waals surface area contributed by atoms with Crippen molar-refractivity contribution in [2.45, 2.75) is 19.9 Å². The van der Waals surface area contributed by atoms with Crippen LogP contribution in [-0.4, -0.2) is 6.54 Å². The maximum Gasteiger partial charge on any atom is 0.136 e. The highest BCUT2D eigenvalue weighted by Gasteiger charge is 2.16. The van der Waals surface area contributed by atoms with Crippen LogP contribution in [0, 0.1) is 17.5 Å². The molecule has 0 spiro atoms. The van der Waals surface area contributed by atoms with Crippen molar-refractivity contribution >= 4 is 11.6 Å². The molecule has 0 amide bonds. The number of nitrogens with one attached hydrogen (secondary N) is 1. The van der Waals surface area contributed by atoms with Crippen molar-refractivity contribution in [3.63, 3.8) is 0 Å². The van der Waals surface area contributed by atoms with Gasteiger partial charge in [-0.3, -0.25) is 0 Å². The Labute approximate surface area is 126 Å². The molecule has 0 heterocycles. The van der Waals surface area contributed by atoms with Gasteiger partial charge in [-0.1, -0.05) is 30.7 Å². The molecule has 0 fully saturated rings. The molecule has 0 bridgehead atoms. The molecule has 1 nitrogen and oxygen atoms in total. The van der Waals surface area contributed by atoms with Crippen molar-refractivity contribution in [1.29, 1.82) is 0 Å². The fourth-order valence-corrected chi connectivity index (χ4v) is 2.61. The quantitative estimate of drug-likeness (QED) is 0.828. The molecule has 112 valence electrons. The van der Waals surface area contributed by atoms with Gasteiger partial charge in [0, 0.05) is 23.2 Å². The summed E-state index contributed by atoms with van der Waals surface area (Å²) in [6.45, 7) is 4.70. The minimum absolute atomic E-state index is 0.0273. The van der Waals surface area contributed by atoms with Crippen molar-refractivity contribution in [2.75, 3.05) is 6.54 Å². The van der Waals surface area contributed by atoms with E-state index in [-0.39, 0.29) is 17.2 Å². The smallest absolute Gasteiger partial charge is 0.136 e. The number of rotatable bonds is 4. The third-order valence-corrected chi connectivity index (χ3v) is 3.60. The highest BCUT2D eigenvalue weighted by Crippen LogP contribution is 2.32. The third kappa shape index (κ3) is 3.39. The minimum atomic E-state index is -0.948. The van der Waals surface area contributed by atoms with Crippen LogP contribution in [0.1, 0.15) is 25.5 Å². The first-order valence-corrected chi connectivity index (χ1v) is 6.99. The molecule has 2 aromatic carbocycles. The summed E-state index contributed by atoms with van der Waals surface area (Å²) >= 11 is 6.19. The average Bonchev–Trinajstić information content (AvgIpc) is 2.37. The van der Waals surface area contributed by atoms with Gasteiger partial charge in [0.05, 0.1) is 5.56 Å². The van der Waals surface area contributed by atoms with Gasteiger partial charge >= 0.3 is 0 Å². The molecule has 2 aromatic rings. The molecule has 0 radical (unpaired) electrons. The predicted molar refractivity (Wildman–Crippen MR) is 78.9 cm³/mol. The lowest BCUT2D eigenvalue weighted by atomic mass is 10.00. The Morgan fingerprint density at radius 2 is 1.71 bits per heavy atom. The summed E-state index contributed by atoms with van der Waals surface area (Å²) < 4.78 is 40.5. The molecule has 0 aliphatic carbocycles. The van der Waals surface area contributed by atoms with Crippen LogP contribution < -0.4 is 5.32 Å². The van der Waals surface area contributed by atoms with Crippen LogP contribution in [0.15, 0.2) is 30.3 Å². The molecular weight excluding hydrogens is 299 g/mol. The maximum absolute atomic E-state index is 13.8. The van der Waals surface area contributed by atoms with Gasteiger partial charge in [-0.05, 0) is 30.7 Å². The predicted octanol–water partition coefficient (Wildman–Crippen LogP) is 5.09. The first kappa shape index (κ1) is 15.9. The van der Waals surface area contributed by atoms with E-state index in [9.17, 15) is 13.2 Å². The van der Waals surface area contributed by atoms with Crippen LogP contribution >= 0.6 is 11.6 Å². The standard InChI is InChI=1S/C16H15ClF3N/c1-3-21-9(2)12-5-4-10(6-13(12)17)16-14(19)7-11(18)8-15(16)20/h4-9,21H,3H2,1-2H3. The van der Waals surface area contributed by atoms with Crippen LogP contribution in [0.5, 0.6) is 0 Å². The number of benzene rings is 2. The molecule has 0 aliphatic heterocycles. The Morgan fingerprint density at radius 3 is 2.24 bits per heavy atom. The Balaban J connectivity index is 2.46. The largest absolute Gasteiger partial charge is 0.310 e. The lowest BCUT2D eigenvalue weighted by Gasteiger charge is -2.15. The van der Waals surface area contributed by atoms with E-state index in [0.717, 1.165) is 12.1 Å². The molecule has 0 saturated carbocycles. The van der Waals surface area contributed by atoms with Gasteiger partial charge in [0.2, 0.25) is 0 Å². The van der Waals surface area contributed by atoms with Gasteiger partial charge in [-0.15, -0.1) is 0 Å². The van der Waals surface area contributed by atoms with Gasteiger partial charge in [-0.25, -0.2) is 13.2 Å². The second-order valence-electron chi connectivity index (χ2n) is 4.76. The molecule has 5 heteroatoms. The number of hydrogen-bond donors (Lipinski definition) is 1. The minimum Gasteiger partial charge on any atom is -0.310 e. The van der Waals surface area contributed by atoms with Gasteiger partial charge in [0.1, 0.15) is 17.5 Å². The molecule has 0 aliphatic rings. The zero-order valence-corrected chi connectivity index (χ0v) is 12.4. The molecule has 2 rings (SSSR count). The second kappa shape index (κ2) is 6.50.